The van der Waals surface area contributed by atoms with E-state index >= 15 is 0 Å². The Bertz CT molecular complexity index is 555. The fourth-order valence-electron chi connectivity index (χ4n) is 2.89. The molecule has 2 aliphatic rings. The zero-order valence-electron chi connectivity index (χ0n) is 12.7. The van der Waals surface area contributed by atoms with E-state index in [0.29, 0.717) is 0 Å². The second kappa shape index (κ2) is 6.57. The van der Waals surface area contributed by atoms with E-state index in [1.807, 2.05) is 13.0 Å². The standard InChI is InChI=1S/C19H24FN/c1-14-7-10-17(12-18(14)20)19(11-15-8-9-15)21-13-16-5-3-2-4-6-16/h3,5-7,10,12,15,19,21H,2,4,8-9,11,13H2,1H3. The van der Waals surface area contributed by atoms with Crippen LogP contribution in [0.2, 0.25) is 0 Å². The van der Waals surface area contributed by atoms with Crippen molar-refractivity contribution in [3.8, 4) is 0 Å². The molecule has 21 heavy (non-hydrogen) atoms. The first-order valence-corrected chi connectivity index (χ1v) is 8.07. The normalized spacial score (nSPS) is 19.4. The van der Waals surface area contributed by atoms with Gasteiger partial charge in [0.05, 0.1) is 0 Å². The lowest BCUT2D eigenvalue weighted by atomic mass is 9.98. The first-order chi connectivity index (χ1) is 10.2. The molecule has 0 amide bonds. The molecule has 1 fully saturated rings. The number of rotatable bonds is 6. The van der Waals surface area contributed by atoms with Gasteiger partial charge in [0.1, 0.15) is 5.82 Å². The zero-order valence-corrected chi connectivity index (χ0v) is 12.7. The van der Waals surface area contributed by atoms with Crippen molar-refractivity contribution < 1.29 is 4.39 Å². The molecule has 3 rings (SSSR count). The quantitative estimate of drug-likeness (QED) is 0.788. The van der Waals surface area contributed by atoms with E-state index in [4.69, 9.17) is 0 Å². The SMILES string of the molecule is Cc1ccc(C(CC2CC2)NCC2=CCCC=C2)cc1F. The zero-order chi connectivity index (χ0) is 14.7. The summed E-state index contributed by atoms with van der Waals surface area (Å²) in [6.07, 6.45) is 12.8. The summed E-state index contributed by atoms with van der Waals surface area (Å²) in [6, 6.07) is 5.94. The van der Waals surface area contributed by atoms with Gasteiger partial charge in [0.25, 0.3) is 0 Å². The molecule has 2 heteroatoms. The number of benzene rings is 1. The summed E-state index contributed by atoms with van der Waals surface area (Å²) in [5.41, 5.74) is 3.17. The van der Waals surface area contributed by atoms with E-state index in [9.17, 15) is 4.39 Å². The highest BCUT2D eigenvalue weighted by molar-refractivity contribution is 5.28. The number of halogens is 1. The van der Waals surface area contributed by atoms with Crippen LogP contribution in [-0.4, -0.2) is 6.54 Å². The third-order valence-corrected chi connectivity index (χ3v) is 4.49. The molecule has 0 radical (unpaired) electrons. The predicted molar refractivity (Wildman–Crippen MR) is 85.7 cm³/mol. The minimum Gasteiger partial charge on any atom is -0.306 e. The van der Waals surface area contributed by atoms with Crippen LogP contribution in [-0.2, 0) is 0 Å². The van der Waals surface area contributed by atoms with Crippen molar-refractivity contribution >= 4 is 0 Å². The minimum absolute atomic E-state index is 0.0909. The Kier molecular flexibility index (Phi) is 4.54. The van der Waals surface area contributed by atoms with Crippen LogP contribution in [0, 0.1) is 18.7 Å². The molecule has 0 saturated heterocycles. The van der Waals surface area contributed by atoms with Crippen LogP contribution in [0.25, 0.3) is 0 Å². The number of nitrogens with one attached hydrogen (secondary N) is 1. The molecule has 1 saturated carbocycles. The first kappa shape index (κ1) is 14.5. The predicted octanol–water partition coefficient (Wildman–Crippen LogP) is 4.84. The van der Waals surface area contributed by atoms with Gasteiger partial charge in [-0.1, -0.05) is 43.2 Å². The van der Waals surface area contributed by atoms with Crippen molar-refractivity contribution in [2.24, 2.45) is 5.92 Å². The monoisotopic (exact) mass is 285 g/mol. The van der Waals surface area contributed by atoms with Gasteiger partial charge in [-0.05, 0) is 54.9 Å². The summed E-state index contributed by atoms with van der Waals surface area (Å²) in [5, 5.41) is 3.64. The summed E-state index contributed by atoms with van der Waals surface area (Å²) in [4.78, 5) is 0. The molecule has 1 aromatic rings. The summed E-state index contributed by atoms with van der Waals surface area (Å²) < 4.78 is 13.8. The molecule has 0 aromatic heterocycles. The van der Waals surface area contributed by atoms with Crippen LogP contribution in [0.5, 0.6) is 0 Å². The van der Waals surface area contributed by atoms with E-state index in [1.54, 1.807) is 6.07 Å². The summed E-state index contributed by atoms with van der Waals surface area (Å²) in [6.45, 7) is 2.70. The lowest BCUT2D eigenvalue weighted by Gasteiger charge is -2.20. The van der Waals surface area contributed by atoms with Gasteiger partial charge >= 0.3 is 0 Å². The second-order valence-electron chi connectivity index (χ2n) is 6.38. The smallest absolute Gasteiger partial charge is 0.126 e. The first-order valence-electron chi connectivity index (χ1n) is 8.07. The molecule has 2 aliphatic carbocycles. The molecule has 1 unspecified atom stereocenters. The third-order valence-electron chi connectivity index (χ3n) is 4.49. The van der Waals surface area contributed by atoms with Gasteiger partial charge in [-0.2, -0.15) is 0 Å². The van der Waals surface area contributed by atoms with E-state index < -0.39 is 0 Å². The molecule has 1 N–H and O–H groups in total. The molecule has 0 bridgehead atoms. The molecule has 0 aliphatic heterocycles. The summed E-state index contributed by atoms with van der Waals surface area (Å²) >= 11 is 0. The number of hydrogen-bond acceptors (Lipinski definition) is 1. The fourth-order valence-corrected chi connectivity index (χ4v) is 2.89. The Labute approximate surface area is 127 Å². The Morgan fingerprint density at radius 1 is 1.29 bits per heavy atom. The van der Waals surface area contributed by atoms with Gasteiger partial charge in [0.15, 0.2) is 0 Å². The minimum atomic E-state index is -0.0909. The average Bonchev–Trinajstić information content (AvgIpc) is 3.31. The van der Waals surface area contributed by atoms with E-state index in [1.165, 1.54) is 18.4 Å². The lowest BCUT2D eigenvalue weighted by molar-refractivity contribution is 0.489. The highest BCUT2D eigenvalue weighted by Gasteiger charge is 2.26. The molecule has 0 spiro atoms. The van der Waals surface area contributed by atoms with Crippen LogP contribution < -0.4 is 5.32 Å². The number of aryl methyl sites for hydroxylation is 1. The Hall–Kier alpha value is -1.41. The van der Waals surface area contributed by atoms with Crippen molar-refractivity contribution in [3.05, 3.63) is 58.9 Å². The maximum absolute atomic E-state index is 13.8. The Morgan fingerprint density at radius 2 is 2.14 bits per heavy atom. The van der Waals surface area contributed by atoms with E-state index in [0.717, 1.165) is 42.9 Å². The van der Waals surface area contributed by atoms with Crippen molar-refractivity contribution in [1.29, 1.82) is 0 Å². The maximum atomic E-state index is 13.8. The highest BCUT2D eigenvalue weighted by atomic mass is 19.1. The Morgan fingerprint density at radius 3 is 2.81 bits per heavy atom. The van der Waals surface area contributed by atoms with Gasteiger partial charge in [0.2, 0.25) is 0 Å². The largest absolute Gasteiger partial charge is 0.306 e. The molecule has 1 aromatic carbocycles. The molecular formula is C19H24FN. The second-order valence-corrected chi connectivity index (χ2v) is 6.38. The van der Waals surface area contributed by atoms with Crippen molar-refractivity contribution in [2.75, 3.05) is 6.54 Å². The van der Waals surface area contributed by atoms with Crippen molar-refractivity contribution in [3.63, 3.8) is 0 Å². The van der Waals surface area contributed by atoms with Crippen LogP contribution in [0.1, 0.15) is 49.3 Å². The maximum Gasteiger partial charge on any atom is 0.126 e. The van der Waals surface area contributed by atoms with Crippen LogP contribution in [0.15, 0.2) is 42.0 Å². The summed E-state index contributed by atoms with van der Waals surface area (Å²) in [5.74, 6) is 0.731. The third kappa shape index (κ3) is 4.04. The number of allylic oxidation sites excluding steroid dienone is 2. The molecule has 0 heterocycles. The fraction of sp³-hybridized carbons (Fsp3) is 0.474. The molecule has 1 nitrogen and oxygen atoms in total. The van der Waals surface area contributed by atoms with Gasteiger partial charge in [-0.15, -0.1) is 0 Å². The van der Waals surface area contributed by atoms with Gasteiger partial charge in [-0.25, -0.2) is 4.39 Å². The molecule has 1 atom stereocenters. The summed E-state index contributed by atoms with van der Waals surface area (Å²) in [7, 11) is 0. The van der Waals surface area contributed by atoms with E-state index in [-0.39, 0.29) is 11.9 Å². The Balaban J connectivity index is 1.68. The molecular weight excluding hydrogens is 261 g/mol. The highest BCUT2D eigenvalue weighted by Crippen LogP contribution is 2.38. The van der Waals surface area contributed by atoms with Crippen molar-refractivity contribution in [1.82, 2.24) is 5.32 Å². The van der Waals surface area contributed by atoms with Crippen LogP contribution >= 0.6 is 0 Å². The number of hydrogen-bond donors (Lipinski definition) is 1. The van der Waals surface area contributed by atoms with Gasteiger partial charge in [-0.3, -0.25) is 0 Å². The average molecular weight is 285 g/mol. The molecule has 112 valence electrons. The van der Waals surface area contributed by atoms with Crippen LogP contribution in [0.3, 0.4) is 0 Å². The van der Waals surface area contributed by atoms with Gasteiger partial charge in [0, 0.05) is 12.6 Å². The van der Waals surface area contributed by atoms with E-state index in [2.05, 4.69) is 29.6 Å². The lowest BCUT2D eigenvalue weighted by Crippen LogP contribution is -2.24. The van der Waals surface area contributed by atoms with Gasteiger partial charge < -0.3 is 5.32 Å². The van der Waals surface area contributed by atoms with Crippen molar-refractivity contribution in [2.45, 2.75) is 45.1 Å². The van der Waals surface area contributed by atoms with Crippen LogP contribution in [0.4, 0.5) is 4.39 Å². The topological polar surface area (TPSA) is 12.0 Å².